The van der Waals surface area contributed by atoms with Crippen LogP contribution in [0.15, 0.2) is 12.4 Å². The number of rotatable bonds is 8. The summed E-state index contributed by atoms with van der Waals surface area (Å²) in [5, 5.41) is 3.27. The van der Waals surface area contributed by atoms with Gasteiger partial charge in [0, 0.05) is 25.8 Å². The van der Waals surface area contributed by atoms with Crippen LogP contribution in [-0.2, 0) is 6.54 Å². The van der Waals surface area contributed by atoms with E-state index in [1.54, 1.807) is 0 Å². The van der Waals surface area contributed by atoms with Gasteiger partial charge in [0.15, 0.2) is 0 Å². The summed E-state index contributed by atoms with van der Waals surface area (Å²) in [5.41, 5.74) is 0.998. The van der Waals surface area contributed by atoms with Crippen molar-refractivity contribution in [2.45, 2.75) is 32.9 Å². The molecule has 0 aliphatic rings. The molecule has 0 aromatic carbocycles. The SMILES string of the molecule is CCNCc1cncc(N(C)C(C)CCSC)n1. The molecule has 0 bridgehead atoms. The van der Waals surface area contributed by atoms with E-state index in [2.05, 4.69) is 47.3 Å². The zero-order chi connectivity index (χ0) is 13.4. The summed E-state index contributed by atoms with van der Waals surface area (Å²) in [6.45, 7) is 6.05. The van der Waals surface area contributed by atoms with E-state index in [0.29, 0.717) is 6.04 Å². The van der Waals surface area contributed by atoms with E-state index in [9.17, 15) is 0 Å². The van der Waals surface area contributed by atoms with Crippen molar-refractivity contribution in [3.8, 4) is 0 Å². The number of thioether (sulfide) groups is 1. The monoisotopic (exact) mass is 268 g/mol. The highest BCUT2D eigenvalue weighted by molar-refractivity contribution is 7.98. The van der Waals surface area contributed by atoms with Crippen LogP contribution in [0, 0.1) is 0 Å². The van der Waals surface area contributed by atoms with Gasteiger partial charge in [-0.25, -0.2) is 4.98 Å². The minimum Gasteiger partial charge on any atom is -0.356 e. The average Bonchev–Trinajstić information content (AvgIpc) is 2.42. The fourth-order valence-electron chi connectivity index (χ4n) is 1.61. The van der Waals surface area contributed by atoms with Crippen molar-refractivity contribution in [3.05, 3.63) is 18.1 Å². The van der Waals surface area contributed by atoms with Crippen LogP contribution in [0.25, 0.3) is 0 Å². The minimum atomic E-state index is 0.487. The molecule has 0 aliphatic carbocycles. The maximum absolute atomic E-state index is 4.63. The van der Waals surface area contributed by atoms with Gasteiger partial charge in [0.05, 0.1) is 11.9 Å². The third kappa shape index (κ3) is 4.82. The van der Waals surface area contributed by atoms with Crippen LogP contribution in [0.5, 0.6) is 0 Å². The molecule has 1 N–H and O–H groups in total. The number of hydrogen-bond acceptors (Lipinski definition) is 5. The molecular formula is C13H24N4S. The lowest BCUT2D eigenvalue weighted by atomic mass is 10.2. The lowest BCUT2D eigenvalue weighted by Gasteiger charge is -2.25. The van der Waals surface area contributed by atoms with Gasteiger partial charge in [0.25, 0.3) is 0 Å². The van der Waals surface area contributed by atoms with Gasteiger partial charge in [0.1, 0.15) is 5.82 Å². The van der Waals surface area contributed by atoms with Crippen molar-refractivity contribution in [1.29, 1.82) is 0 Å². The van der Waals surface area contributed by atoms with Gasteiger partial charge in [-0.05, 0) is 31.9 Å². The van der Waals surface area contributed by atoms with E-state index >= 15 is 0 Å². The topological polar surface area (TPSA) is 41.1 Å². The first kappa shape index (κ1) is 15.2. The van der Waals surface area contributed by atoms with Crippen molar-refractivity contribution >= 4 is 17.6 Å². The number of hydrogen-bond donors (Lipinski definition) is 1. The summed E-state index contributed by atoms with van der Waals surface area (Å²) in [7, 11) is 2.09. The van der Waals surface area contributed by atoms with Gasteiger partial charge in [-0.2, -0.15) is 11.8 Å². The highest BCUT2D eigenvalue weighted by atomic mass is 32.2. The van der Waals surface area contributed by atoms with E-state index in [1.165, 1.54) is 5.75 Å². The highest BCUT2D eigenvalue weighted by Gasteiger charge is 2.11. The van der Waals surface area contributed by atoms with Crippen LogP contribution in [0.4, 0.5) is 5.82 Å². The van der Waals surface area contributed by atoms with E-state index in [-0.39, 0.29) is 0 Å². The molecular weight excluding hydrogens is 244 g/mol. The van der Waals surface area contributed by atoms with Gasteiger partial charge in [-0.15, -0.1) is 0 Å². The largest absolute Gasteiger partial charge is 0.356 e. The fraction of sp³-hybridized carbons (Fsp3) is 0.692. The third-order valence-corrected chi connectivity index (χ3v) is 3.63. The molecule has 1 rings (SSSR count). The Morgan fingerprint density at radius 2 is 2.22 bits per heavy atom. The molecule has 0 aliphatic heterocycles. The normalized spacial score (nSPS) is 12.4. The predicted octanol–water partition coefficient (Wildman–Crippen LogP) is 2.16. The Morgan fingerprint density at radius 3 is 2.89 bits per heavy atom. The Balaban J connectivity index is 2.63. The maximum atomic E-state index is 4.63. The van der Waals surface area contributed by atoms with Crippen LogP contribution in [0.3, 0.4) is 0 Å². The Hall–Kier alpha value is -0.810. The maximum Gasteiger partial charge on any atom is 0.147 e. The summed E-state index contributed by atoms with van der Waals surface area (Å²) in [6.07, 6.45) is 6.97. The molecule has 0 saturated heterocycles. The van der Waals surface area contributed by atoms with Crippen molar-refractivity contribution in [2.24, 2.45) is 0 Å². The van der Waals surface area contributed by atoms with E-state index < -0.39 is 0 Å². The van der Waals surface area contributed by atoms with Crippen molar-refractivity contribution in [1.82, 2.24) is 15.3 Å². The van der Waals surface area contributed by atoms with Crippen molar-refractivity contribution < 1.29 is 0 Å². The van der Waals surface area contributed by atoms with Crippen LogP contribution < -0.4 is 10.2 Å². The molecule has 1 unspecified atom stereocenters. The Labute approximate surface area is 115 Å². The molecule has 0 saturated carbocycles. The number of anilines is 1. The molecule has 18 heavy (non-hydrogen) atoms. The quantitative estimate of drug-likeness (QED) is 0.782. The fourth-order valence-corrected chi connectivity index (χ4v) is 2.19. The Bertz CT molecular complexity index is 346. The molecule has 0 amide bonds. The molecule has 1 aromatic heterocycles. The van der Waals surface area contributed by atoms with Crippen molar-refractivity contribution in [2.75, 3.05) is 30.5 Å². The molecule has 1 atom stereocenters. The number of aromatic nitrogens is 2. The molecule has 4 nitrogen and oxygen atoms in total. The zero-order valence-corrected chi connectivity index (χ0v) is 12.6. The minimum absolute atomic E-state index is 0.487. The first-order valence-corrected chi connectivity index (χ1v) is 7.81. The molecule has 0 spiro atoms. The standard InChI is InChI=1S/C13H24N4S/c1-5-14-8-12-9-15-10-13(16-12)17(3)11(2)6-7-18-4/h9-11,14H,5-8H2,1-4H3. The lowest BCUT2D eigenvalue weighted by Crippen LogP contribution is -2.30. The summed E-state index contributed by atoms with van der Waals surface area (Å²) in [5.74, 6) is 2.13. The number of nitrogens with zero attached hydrogens (tertiary/aromatic N) is 3. The van der Waals surface area contributed by atoms with Gasteiger partial charge in [-0.3, -0.25) is 4.98 Å². The molecule has 102 valence electrons. The number of nitrogens with one attached hydrogen (secondary N) is 1. The summed E-state index contributed by atoms with van der Waals surface area (Å²) in [6, 6.07) is 0.487. The second kappa shape index (κ2) is 8.32. The average molecular weight is 268 g/mol. The van der Waals surface area contributed by atoms with Crippen LogP contribution in [-0.4, -0.2) is 41.6 Å². The van der Waals surface area contributed by atoms with Crippen LogP contribution >= 0.6 is 11.8 Å². The zero-order valence-electron chi connectivity index (χ0n) is 11.8. The van der Waals surface area contributed by atoms with Gasteiger partial charge in [0.2, 0.25) is 0 Å². The molecule has 1 heterocycles. The van der Waals surface area contributed by atoms with Gasteiger partial charge >= 0.3 is 0 Å². The van der Waals surface area contributed by atoms with Gasteiger partial charge < -0.3 is 10.2 Å². The predicted molar refractivity (Wildman–Crippen MR) is 80.3 cm³/mol. The smallest absolute Gasteiger partial charge is 0.147 e. The summed E-state index contributed by atoms with van der Waals surface area (Å²) >= 11 is 1.88. The first-order chi connectivity index (χ1) is 8.69. The summed E-state index contributed by atoms with van der Waals surface area (Å²) in [4.78, 5) is 11.1. The highest BCUT2D eigenvalue weighted by Crippen LogP contribution is 2.14. The lowest BCUT2D eigenvalue weighted by molar-refractivity contribution is 0.653. The molecule has 0 radical (unpaired) electrons. The Kier molecular flexibility index (Phi) is 7.05. The second-order valence-corrected chi connectivity index (χ2v) is 5.38. The van der Waals surface area contributed by atoms with Crippen LogP contribution in [0.2, 0.25) is 0 Å². The second-order valence-electron chi connectivity index (χ2n) is 4.39. The molecule has 1 aromatic rings. The van der Waals surface area contributed by atoms with Crippen LogP contribution in [0.1, 0.15) is 26.0 Å². The molecule has 0 fully saturated rings. The summed E-state index contributed by atoms with van der Waals surface area (Å²) < 4.78 is 0. The molecule has 5 heteroatoms. The van der Waals surface area contributed by atoms with E-state index in [1.807, 2.05) is 24.2 Å². The van der Waals surface area contributed by atoms with Gasteiger partial charge in [-0.1, -0.05) is 6.92 Å². The van der Waals surface area contributed by atoms with Crippen molar-refractivity contribution in [3.63, 3.8) is 0 Å². The Morgan fingerprint density at radius 1 is 1.44 bits per heavy atom. The third-order valence-electron chi connectivity index (χ3n) is 2.99. The van der Waals surface area contributed by atoms with E-state index in [0.717, 1.165) is 31.0 Å². The van der Waals surface area contributed by atoms with E-state index in [4.69, 9.17) is 0 Å². The first-order valence-electron chi connectivity index (χ1n) is 6.42.